The van der Waals surface area contributed by atoms with E-state index in [0.29, 0.717) is 6.04 Å². The molecule has 1 fully saturated rings. The van der Waals surface area contributed by atoms with Crippen molar-refractivity contribution >= 4 is 5.96 Å². The fraction of sp³-hybridized carbons (Fsp3) is 0.889. The Bertz CT molecular complexity index is 201. The van der Waals surface area contributed by atoms with E-state index in [-0.39, 0.29) is 0 Å². The van der Waals surface area contributed by atoms with Crippen LogP contribution in [0.1, 0.15) is 12.8 Å². The maximum atomic E-state index is 5.42. The lowest BCUT2D eigenvalue weighted by Crippen LogP contribution is -2.49. The second-order valence-corrected chi connectivity index (χ2v) is 3.94. The molecule has 5 heteroatoms. The lowest BCUT2D eigenvalue weighted by atomic mass is 10.2. The number of aliphatic imine (C=N–C) groups is 1. The molecule has 82 valence electrons. The van der Waals surface area contributed by atoms with Crippen molar-refractivity contribution in [3.05, 3.63) is 0 Å². The maximum absolute atomic E-state index is 5.42. The van der Waals surface area contributed by atoms with Gasteiger partial charge in [-0.25, -0.2) is 5.84 Å². The summed E-state index contributed by atoms with van der Waals surface area (Å²) in [7, 11) is 5.95. The van der Waals surface area contributed by atoms with Crippen molar-refractivity contribution in [3.8, 4) is 0 Å². The molecule has 14 heavy (non-hydrogen) atoms. The first-order valence-electron chi connectivity index (χ1n) is 5.03. The molecule has 3 N–H and O–H groups in total. The Morgan fingerprint density at radius 2 is 2.36 bits per heavy atom. The summed E-state index contributed by atoms with van der Waals surface area (Å²) in [4.78, 5) is 8.59. The Hall–Kier alpha value is -0.810. The molecule has 1 unspecified atom stereocenters. The molecule has 0 spiro atoms. The average Bonchev–Trinajstić information content (AvgIpc) is 2.55. The number of rotatable bonds is 2. The van der Waals surface area contributed by atoms with Crippen LogP contribution in [0.4, 0.5) is 0 Å². The third-order valence-electron chi connectivity index (χ3n) is 2.57. The van der Waals surface area contributed by atoms with Crippen molar-refractivity contribution in [1.29, 1.82) is 0 Å². The molecule has 0 saturated carbocycles. The first-order chi connectivity index (χ1) is 6.69. The van der Waals surface area contributed by atoms with Gasteiger partial charge in [-0.15, -0.1) is 0 Å². The summed E-state index contributed by atoms with van der Waals surface area (Å²) in [5.41, 5.74) is 2.65. The Morgan fingerprint density at radius 3 is 2.86 bits per heavy atom. The second-order valence-electron chi connectivity index (χ2n) is 3.94. The summed E-state index contributed by atoms with van der Waals surface area (Å²) >= 11 is 0. The lowest BCUT2D eigenvalue weighted by molar-refractivity contribution is 0.280. The molecule has 0 aliphatic carbocycles. The quantitative estimate of drug-likeness (QED) is 0.271. The van der Waals surface area contributed by atoms with Crippen molar-refractivity contribution in [2.75, 3.05) is 34.2 Å². The largest absolute Gasteiger partial charge is 0.338 e. The SMILES string of the molecule is CN=C(NN)N1CCCC1CN(C)C. The van der Waals surface area contributed by atoms with Gasteiger partial charge in [0.25, 0.3) is 0 Å². The van der Waals surface area contributed by atoms with E-state index in [9.17, 15) is 0 Å². The van der Waals surface area contributed by atoms with E-state index in [1.165, 1.54) is 12.8 Å². The smallest absolute Gasteiger partial charge is 0.208 e. The van der Waals surface area contributed by atoms with Gasteiger partial charge >= 0.3 is 0 Å². The Labute approximate surface area is 85.9 Å². The fourth-order valence-corrected chi connectivity index (χ4v) is 2.00. The monoisotopic (exact) mass is 199 g/mol. The van der Waals surface area contributed by atoms with Crippen molar-refractivity contribution in [2.45, 2.75) is 18.9 Å². The number of guanidine groups is 1. The zero-order valence-electron chi connectivity index (χ0n) is 9.32. The predicted octanol–water partition coefficient (Wildman–Crippen LogP) is -0.538. The molecular formula is C9H21N5. The van der Waals surface area contributed by atoms with Crippen LogP contribution >= 0.6 is 0 Å². The van der Waals surface area contributed by atoms with Gasteiger partial charge in [-0.05, 0) is 26.9 Å². The van der Waals surface area contributed by atoms with Crippen LogP contribution in [-0.2, 0) is 0 Å². The van der Waals surface area contributed by atoms with Crippen LogP contribution in [0.3, 0.4) is 0 Å². The van der Waals surface area contributed by atoms with Crippen LogP contribution in [0, 0.1) is 0 Å². The van der Waals surface area contributed by atoms with Gasteiger partial charge in [0.05, 0.1) is 0 Å². The number of hydrazine groups is 1. The number of likely N-dealkylation sites (tertiary alicyclic amines) is 1. The summed E-state index contributed by atoms with van der Waals surface area (Å²) in [6.07, 6.45) is 2.44. The highest BCUT2D eigenvalue weighted by Gasteiger charge is 2.26. The van der Waals surface area contributed by atoms with E-state index in [4.69, 9.17) is 5.84 Å². The number of hydrogen-bond acceptors (Lipinski definition) is 3. The normalized spacial score (nSPS) is 23.4. The minimum Gasteiger partial charge on any atom is -0.338 e. The van der Waals surface area contributed by atoms with E-state index in [2.05, 4.69) is 34.3 Å². The van der Waals surface area contributed by atoms with Gasteiger partial charge in [-0.2, -0.15) is 0 Å². The van der Waals surface area contributed by atoms with Gasteiger partial charge < -0.3 is 9.80 Å². The van der Waals surface area contributed by atoms with E-state index in [1.54, 1.807) is 7.05 Å². The van der Waals surface area contributed by atoms with Crippen LogP contribution in [0.5, 0.6) is 0 Å². The molecule has 1 aliphatic rings. The van der Waals surface area contributed by atoms with E-state index in [0.717, 1.165) is 19.0 Å². The molecule has 0 radical (unpaired) electrons. The maximum Gasteiger partial charge on any atom is 0.208 e. The lowest BCUT2D eigenvalue weighted by Gasteiger charge is -2.29. The molecular weight excluding hydrogens is 178 g/mol. The highest BCUT2D eigenvalue weighted by Crippen LogP contribution is 2.17. The van der Waals surface area contributed by atoms with Crippen LogP contribution in [0.15, 0.2) is 4.99 Å². The molecule has 0 amide bonds. The van der Waals surface area contributed by atoms with E-state index < -0.39 is 0 Å². The van der Waals surface area contributed by atoms with E-state index >= 15 is 0 Å². The third-order valence-corrected chi connectivity index (χ3v) is 2.57. The molecule has 0 bridgehead atoms. The van der Waals surface area contributed by atoms with Gasteiger partial charge in [-0.3, -0.25) is 10.4 Å². The highest BCUT2D eigenvalue weighted by atomic mass is 15.4. The standard InChI is InChI=1S/C9H21N5/c1-11-9(12-10)14-6-4-5-8(14)7-13(2)3/h8H,4-7,10H2,1-3H3,(H,11,12). The van der Waals surface area contributed by atoms with Gasteiger partial charge in [0.1, 0.15) is 0 Å². The van der Waals surface area contributed by atoms with Crippen LogP contribution in [0.25, 0.3) is 0 Å². The van der Waals surface area contributed by atoms with Crippen LogP contribution in [-0.4, -0.2) is 56.0 Å². The summed E-state index contributed by atoms with van der Waals surface area (Å²) in [6.45, 7) is 2.11. The van der Waals surface area contributed by atoms with Gasteiger partial charge in [-0.1, -0.05) is 0 Å². The first-order valence-corrected chi connectivity index (χ1v) is 5.03. The number of nitrogens with one attached hydrogen (secondary N) is 1. The first kappa shape index (κ1) is 11.3. The van der Waals surface area contributed by atoms with Gasteiger partial charge in [0.2, 0.25) is 5.96 Å². The van der Waals surface area contributed by atoms with Gasteiger partial charge in [0, 0.05) is 26.2 Å². The Kier molecular flexibility index (Phi) is 4.16. The van der Waals surface area contributed by atoms with E-state index in [1.807, 2.05) is 0 Å². The average molecular weight is 199 g/mol. The van der Waals surface area contributed by atoms with Crippen LogP contribution < -0.4 is 11.3 Å². The summed E-state index contributed by atoms with van der Waals surface area (Å²) < 4.78 is 0. The highest BCUT2D eigenvalue weighted by molar-refractivity contribution is 5.79. The molecule has 1 rings (SSSR count). The molecule has 5 nitrogen and oxygen atoms in total. The molecule has 1 heterocycles. The third kappa shape index (κ3) is 2.59. The van der Waals surface area contributed by atoms with Crippen molar-refractivity contribution in [2.24, 2.45) is 10.8 Å². The Balaban J connectivity index is 2.58. The minimum absolute atomic E-state index is 0.541. The molecule has 0 aromatic carbocycles. The van der Waals surface area contributed by atoms with Gasteiger partial charge in [0.15, 0.2) is 0 Å². The molecule has 1 atom stereocenters. The Morgan fingerprint density at radius 1 is 1.64 bits per heavy atom. The number of likely N-dealkylation sites (N-methyl/N-ethyl adjacent to an activating group) is 1. The zero-order valence-corrected chi connectivity index (χ0v) is 9.32. The summed E-state index contributed by atoms with van der Waals surface area (Å²) in [5.74, 6) is 6.22. The van der Waals surface area contributed by atoms with Crippen molar-refractivity contribution < 1.29 is 0 Å². The number of nitrogens with two attached hydrogens (primary N) is 1. The van der Waals surface area contributed by atoms with Crippen molar-refractivity contribution in [3.63, 3.8) is 0 Å². The zero-order chi connectivity index (χ0) is 10.6. The predicted molar refractivity (Wildman–Crippen MR) is 59.0 cm³/mol. The molecule has 1 aliphatic heterocycles. The number of hydrogen-bond donors (Lipinski definition) is 2. The number of nitrogens with zero attached hydrogens (tertiary/aromatic N) is 3. The minimum atomic E-state index is 0.541. The fourth-order valence-electron chi connectivity index (χ4n) is 2.00. The molecule has 0 aromatic heterocycles. The topological polar surface area (TPSA) is 56.9 Å². The second kappa shape index (κ2) is 5.17. The summed E-state index contributed by atoms with van der Waals surface area (Å²) in [5, 5.41) is 0. The molecule has 0 aromatic rings. The van der Waals surface area contributed by atoms with Crippen molar-refractivity contribution in [1.82, 2.24) is 15.2 Å². The van der Waals surface area contributed by atoms with Crippen LogP contribution in [0.2, 0.25) is 0 Å². The molecule has 1 saturated heterocycles. The summed E-state index contributed by atoms with van der Waals surface area (Å²) in [6, 6.07) is 0.541.